The van der Waals surface area contributed by atoms with Gasteiger partial charge in [-0.3, -0.25) is 0 Å². The molecule has 0 aliphatic rings. The molecule has 0 unspecified atom stereocenters. The topological polar surface area (TPSA) is 56.9 Å². The minimum atomic E-state index is -0.630. The first-order chi connectivity index (χ1) is 11.9. The number of urea groups is 1. The standard InChI is InChI=1S/C17H17N3O/c1-2-12-7-9-13(10-8-12)19-17(21)20-16-11-18-15-6-4-3-5-14(15)16/h3-11,18H,2H2,1H3,(H2,19,20,21)/i7D,8D,9D,10D. The molecule has 0 saturated heterocycles. The molecule has 0 spiro atoms. The van der Waals surface area contributed by atoms with Crippen LogP contribution in [0.1, 0.15) is 18.0 Å². The van der Waals surface area contributed by atoms with E-state index in [1.165, 1.54) is 0 Å². The number of nitrogens with one attached hydrogen (secondary N) is 3. The summed E-state index contributed by atoms with van der Waals surface area (Å²) in [5.74, 6) is 0. The predicted molar refractivity (Wildman–Crippen MR) is 86.8 cm³/mol. The SMILES string of the molecule is [2H]c1c([2H])c(NC(=O)Nc2c[nH]c3ccccc23)c([2H])c([2H])c1CC. The Labute approximate surface area is 128 Å². The molecule has 0 saturated carbocycles. The van der Waals surface area contributed by atoms with Crippen molar-refractivity contribution in [2.45, 2.75) is 13.3 Å². The quantitative estimate of drug-likeness (QED) is 0.656. The second-order valence-electron chi connectivity index (χ2n) is 4.53. The Morgan fingerprint density at radius 1 is 1.19 bits per heavy atom. The molecule has 0 aliphatic heterocycles. The number of fused-ring (bicyclic) bond motifs is 1. The Balaban J connectivity index is 1.89. The average Bonchev–Trinajstić information content (AvgIpc) is 3.01. The molecule has 0 bridgehead atoms. The van der Waals surface area contributed by atoms with Crippen LogP contribution in [-0.2, 0) is 6.42 Å². The summed E-state index contributed by atoms with van der Waals surface area (Å²) in [5, 5.41) is 5.93. The van der Waals surface area contributed by atoms with Crippen molar-refractivity contribution in [2.75, 3.05) is 10.6 Å². The fraction of sp³-hybridized carbons (Fsp3) is 0.118. The Morgan fingerprint density at radius 3 is 2.71 bits per heavy atom. The molecular formula is C17H17N3O. The highest BCUT2D eigenvalue weighted by molar-refractivity contribution is 6.05. The molecular weight excluding hydrogens is 262 g/mol. The molecule has 2 amide bonds. The van der Waals surface area contributed by atoms with Crippen LogP contribution in [0.3, 0.4) is 0 Å². The van der Waals surface area contributed by atoms with E-state index in [-0.39, 0.29) is 29.9 Å². The van der Waals surface area contributed by atoms with E-state index in [1.807, 2.05) is 24.3 Å². The van der Waals surface area contributed by atoms with E-state index in [0.29, 0.717) is 17.7 Å². The van der Waals surface area contributed by atoms with Crippen LogP contribution in [-0.4, -0.2) is 11.0 Å². The smallest absolute Gasteiger partial charge is 0.323 e. The predicted octanol–water partition coefficient (Wildman–Crippen LogP) is 4.37. The molecule has 2 aromatic carbocycles. The lowest BCUT2D eigenvalue weighted by molar-refractivity contribution is 0.262. The minimum absolute atomic E-state index is 0.133. The zero-order valence-corrected chi connectivity index (χ0v) is 11.5. The van der Waals surface area contributed by atoms with Crippen molar-refractivity contribution in [1.82, 2.24) is 4.98 Å². The van der Waals surface area contributed by atoms with Crippen molar-refractivity contribution in [3.63, 3.8) is 0 Å². The maximum Gasteiger partial charge on any atom is 0.323 e. The van der Waals surface area contributed by atoms with Crippen molar-refractivity contribution in [3.05, 3.63) is 60.2 Å². The molecule has 0 radical (unpaired) electrons. The molecule has 21 heavy (non-hydrogen) atoms. The minimum Gasteiger partial charge on any atom is -0.359 e. The van der Waals surface area contributed by atoms with Gasteiger partial charge in [0.1, 0.15) is 0 Å². The van der Waals surface area contributed by atoms with E-state index >= 15 is 0 Å². The van der Waals surface area contributed by atoms with Crippen LogP contribution >= 0.6 is 0 Å². The van der Waals surface area contributed by atoms with Gasteiger partial charge in [0.05, 0.1) is 11.2 Å². The van der Waals surface area contributed by atoms with Gasteiger partial charge in [0.2, 0.25) is 0 Å². The van der Waals surface area contributed by atoms with Crippen molar-refractivity contribution >= 4 is 28.3 Å². The van der Waals surface area contributed by atoms with Gasteiger partial charge in [0.15, 0.2) is 0 Å². The van der Waals surface area contributed by atoms with Gasteiger partial charge in [-0.15, -0.1) is 0 Å². The fourth-order valence-corrected chi connectivity index (χ4v) is 2.02. The zero-order chi connectivity index (χ0) is 18.1. The molecule has 3 aromatic rings. The molecule has 4 heteroatoms. The zero-order valence-electron chi connectivity index (χ0n) is 15.5. The van der Waals surface area contributed by atoms with E-state index in [2.05, 4.69) is 15.6 Å². The van der Waals surface area contributed by atoms with E-state index in [0.717, 1.165) is 10.9 Å². The van der Waals surface area contributed by atoms with Gasteiger partial charge in [0, 0.05) is 22.8 Å². The third-order valence-corrected chi connectivity index (χ3v) is 3.11. The largest absolute Gasteiger partial charge is 0.359 e. The Hall–Kier alpha value is -2.75. The van der Waals surface area contributed by atoms with E-state index < -0.39 is 6.03 Å². The molecule has 1 aromatic heterocycles. The second kappa shape index (κ2) is 5.71. The maximum atomic E-state index is 12.3. The number of rotatable bonds is 3. The molecule has 0 aliphatic carbocycles. The molecule has 1 heterocycles. The molecule has 3 N–H and O–H groups in total. The van der Waals surface area contributed by atoms with Gasteiger partial charge in [-0.05, 0) is 30.1 Å². The van der Waals surface area contributed by atoms with Crippen LogP contribution in [0.4, 0.5) is 16.2 Å². The summed E-state index contributed by atoms with van der Waals surface area (Å²) < 4.78 is 31.9. The summed E-state index contributed by atoms with van der Waals surface area (Å²) in [6, 6.07) is 6.05. The fourth-order valence-electron chi connectivity index (χ4n) is 2.02. The summed E-state index contributed by atoms with van der Waals surface area (Å²) in [5.41, 5.74) is 1.63. The lowest BCUT2D eigenvalue weighted by Crippen LogP contribution is -2.19. The molecule has 4 nitrogen and oxygen atoms in total. The van der Waals surface area contributed by atoms with Crippen LogP contribution in [0.25, 0.3) is 10.9 Å². The number of aromatic nitrogens is 1. The number of carbonyl (C=O) groups is 1. The average molecular weight is 283 g/mol. The summed E-state index contributed by atoms with van der Waals surface area (Å²) >= 11 is 0. The van der Waals surface area contributed by atoms with Gasteiger partial charge < -0.3 is 15.6 Å². The molecule has 0 fully saturated rings. The summed E-state index contributed by atoms with van der Waals surface area (Å²) in [7, 11) is 0. The number of anilines is 2. The van der Waals surface area contributed by atoms with Crippen LogP contribution in [0.2, 0.25) is 0 Å². The van der Waals surface area contributed by atoms with Gasteiger partial charge >= 0.3 is 6.03 Å². The highest BCUT2D eigenvalue weighted by Gasteiger charge is 2.07. The van der Waals surface area contributed by atoms with Gasteiger partial charge in [0.25, 0.3) is 0 Å². The van der Waals surface area contributed by atoms with Crippen molar-refractivity contribution in [3.8, 4) is 0 Å². The third kappa shape index (κ3) is 2.89. The Bertz CT molecular complexity index is 939. The highest BCUT2D eigenvalue weighted by atomic mass is 16.2. The molecule has 106 valence electrons. The van der Waals surface area contributed by atoms with Crippen molar-refractivity contribution in [2.24, 2.45) is 0 Å². The lowest BCUT2D eigenvalue weighted by Gasteiger charge is -2.07. The van der Waals surface area contributed by atoms with Crippen LogP contribution < -0.4 is 10.6 Å². The van der Waals surface area contributed by atoms with Gasteiger partial charge in [-0.1, -0.05) is 37.2 Å². The monoisotopic (exact) mass is 283 g/mol. The first-order valence-electron chi connectivity index (χ1n) is 8.67. The summed E-state index contributed by atoms with van der Waals surface area (Å²) in [6.45, 7) is 1.76. The Kier molecular flexibility index (Phi) is 2.51. The van der Waals surface area contributed by atoms with Crippen molar-refractivity contribution < 1.29 is 10.3 Å². The first kappa shape index (κ1) is 9.23. The number of carbonyl (C=O) groups excluding carboxylic acids is 1. The van der Waals surface area contributed by atoms with Crippen LogP contribution in [0.15, 0.2) is 54.6 Å². The maximum absolute atomic E-state index is 12.3. The number of amides is 2. The molecule has 3 rings (SSSR count). The molecule has 0 atom stereocenters. The van der Waals surface area contributed by atoms with E-state index in [4.69, 9.17) is 5.48 Å². The van der Waals surface area contributed by atoms with Crippen LogP contribution in [0, 0.1) is 0 Å². The van der Waals surface area contributed by atoms with Crippen LogP contribution in [0.5, 0.6) is 0 Å². The number of H-pyrrole nitrogens is 1. The highest BCUT2D eigenvalue weighted by Crippen LogP contribution is 2.22. The summed E-state index contributed by atoms with van der Waals surface area (Å²) in [6.07, 6.45) is 2.04. The van der Waals surface area contributed by atoms with Gasteiger partial charge in [-0.2, -0.15) is 0 Å². The number of hydrogen-bond acceptors (Lipinski definition) is 1. The normalized spacial score (nSPS) is 13.2. The number of para-hydroxylation sites is 1. The lowest BCUT2D eigenvalue weighted by atomic mass is 10.1. The third-order valence-electron chi connectivity index (χ3n) is 3.11. The first-order valence-corrected chi connectivity index (χ1v) is 6.67. The number of benzene rings is 2. The second-order valence-corrected chi connectivity index (χ2v) is 4.53. The summed E-state index contributed by atoms with van der Waals surface area (Å²) in [4.78, 5) is 15.3. The Morgan fingerprint density at radius 2 is 1.95 bits per heavy atom. The number of hydrogen-bond donors (Lipinski definition) is 3. The van der Waals surface area contributed by atoms with Crippen molar-refractivity contribution in [1.29, 1.82) is 0 Å². The number of aromatic amines is 1. The van der Waals surface area contributed by atoms with Gasteiger partial charge in [-0.25, -0.2) is 4.79 Å². The van der Waals surface area contributed by atoms with E-state index in [1.54, 1.807) is 13.1 Å². The van der Waals surface area contributed by atoms with E-state index in [9.17, 15) is 4.79 Å².